The van der Waals surface area contributed by atoms with Gasteiger partial charge in [-0.05, 0) is 54.8 Å². The fourth-order valence-electron chi connectivity index (χ4n) is 3.62. The molecule has 0 saturated heterocycles. The number of rotatable bonds is 14. The minimum Gasteiger partial charge on any atom is -0.493 e. The highest BCUT2D eigenvalue weighted by atomic mass is 32.2. The van der Waals surface area contributed by atoms with E-state index in [1.165, 1.54) is 0 Å². The maximum Gasteiger partial charge on any atom is 0.335 e. The Bertz CT molecular complexity index is 1180. The second kappa shape index (κ2) is 13.7. The first-order chi connectivity index (χ1) is 17.4. The number of hydrogen-bond acceptors (Lipinski definition) is 6. The van der Waals surface area contributed by atoms with Crippen molar-refractivity contribution in [3.8, 4) is 5.75 Å². The van der Waals surface area contributed by atoms with Gasteiger partial charge in [-0.3, -0.25) is 4.72 Å². The quantitative estimate of drug-likeness (QED) is 0.314. The van der Waals surface area contributed by atoms with Crippen molar-refractivity contribution in [2.45, 2.75) is 38.5 Å². The zero-order valence-electron chi connectivity index (χ0n) is 20.7. The average Bonchev–Trinajstić information content (AvgIpc) is 2.86. The van der Waals surface area contributed by atoms with E-state index >= 15 is 0 Å². The molecule has 1 atom stereocenters. The summed E-state index contributed by atoms with van der Waals surface area (Å²) in [5.41, 5.74) is 3.25. The van der Waals surface area contributed by atoms with Crippen molar-refractivity contribution < 1.29 is 27.4 Å². The van der Waals surface area contributed by atoms with Gasteiger partial charge in [-0.25, -0.2) is 13.2 Å². The normalized spacial score (nSPS) is 12.1. The van der Waals surface area contributed by atoms with Crippen LogP contribution in [0.1, 0.15) is 30.5 Å². The topological polar surface area (TPSA) is 90.9 Å². The molecular weight excluding hydrogens is 478 g/mol. The van der Waals surface area contributed by atoms with Crippen molar-refractivity contribution in [1.29, 1.82) is 0 Å². The van der Waals surface area contributed by atoms with E-state index in [1.54, 1.807) is 31.2 Å². The zero-order valence-corrected chi connectivity index (χ0v) is 21.5. The Kier molecular flexibility index (Phi) is 10.3. The number of carbonyl (C=O) groups is 1. The molecule has 0 aromatic heterocycles. The van der Waals surface area contributed by atoms with E-state index in [0.29, 0.717) is 38.3 Å². The third-order valence-corrected chi connectivity index (χ3v) is 6.61. The number of hydrogen-bond donors (Lipinski definition) is 1. The molecule has 7 nitrogen and oxygen atoms in total. The van der Waals surface area contributed by atoms with Crippen LogP contribution in [0.4, 0.5) is 5.69 Å². The van der Waals surface area contributed by atoms with Crippen LogP contribution in [-0.4, -0.2) is 40.3 Å². The van der Waals surface area contributed by atoms with Crippen LogP contribution >= 0.6 is 0 Å². The van der Waals surface area contributed by atoms with Crippen LogP contribution in [0, 0.1) is 0 Å². The maximum absolute atomic E-state index is 12.4. The molecule has 0 aliphatic heterocycles. The molecule has 3 rings (SSSR count). The SMILES string of the molecule is CCOC(=O)[C@H](Cc1ccc(OCCc2ccc(NS(=O)(=O)Cc3ccccc3)cc2)cc1)OCC. The first-order valence-electron chi connectivity index (χ1n) is 12.0. The smallest absolute Gasteiger partial charge is 0.335 e. The number of esters is 1. The molecule has 1 N–H and O–H groups in total. The third kappa shape index (κ3) is 9.02. The van der Waals surface area contributed by atoms with Crippen LogP contribution in [0.25, 0.3) is 0 Å². The van der Waals surface area contributed by atoms with E-state index in [-0.39, 0.29) is 11.7 Å². The third-order valence-electron chi connectivity index (χ3n) is 5.35. The lowest BCUT2D eigenvalue weighted by Crippen LogP contribution is -2.28. The van der Waals surface area contributed by atoms with Gasteiger partial charge in [0.05, 0.1) is 19.0 Å². The van der Waals surface area contributed by atoms with Gasteiger partial charge in [0.1, 0.15) is 5.75 Å². The van der Waals surface area contributed by atoms with Gasteiger partial charge in [0, 0.05) is 25.1 Å². The van der Waals surface area contributed by atoms with E-state index in [2.05, 4.69) is 4.72 Å². The fraction of sp³-hybridized carbons (Fsp3) is 0.321. The van der Waals surface area contributed by atoms with E-state index < -0.39 is 16.1 Å². The lowest BCUT2D eigenvalue weighted by atomic mass is 10.1. The monoisotopic (exact) mass is 511 g/mol. The van der Waals surface area contributed by atoms with Gasteiger partial charge in [-0.2, -0.15) is 0 Å². The fourth-order valence-corrected chi connectivity index (χ4v) is 4.82. The Morgan fingerprint density at radius 2 is 1.50 bits per heavy atom. The lowest BCUT2D eigenvalue weighted by Gasteiger charge is -2.16. The van der Waals surface area contributed by atoms with Crippen LogP contribution in [0.3, 0.4) is 0 Å². The highest BCUT2D eigenvalue weighted by Gasteiger charge is 2.20. The van der Waals surface area contributed by atoms with Crippen LogP contribution in [0.2, 0.25) is 0 Å². The van der Waals surface area contributed by atoms with Crippen molar-refractivity contribution in [2.75, 3.05) is 24.5 Å². The Morgan fingerprint density at radius 3 is 2.14 bits per heavy atom. The van der Waals surface area contributed by atoms with Crippen molar-refractivity contribution in [2.24, 2.45) is 0 Å². The van der Waals surface area contributed by atoms with Gasteiger partial charge in [0.2, 0.25) is 10.0 Å². The molecule has 0 radical (unpaired) electrons. The summed E-state index contributed by atoms with van der Waals surface area (Å²) >= 11 is 0. The molecular formula is C28H33NO6S. The van der Waals surface area contributed by atoms with E-state index in [9.17, 15) is 13.2 Å². The molecule has 0 aliphatic carbocycles. The molecule has 0 heterocycles. The molecule has 0 bridgehead atoms. The summed E-state index contributed by atoms with van der Waals surface area (Å²) < 4.78 is 43.9. The van der Waals surface area contributed by atoms with Crippen molar-refractivity contribution in [3.63, 3.8) is 0 Å². The Labute approximate surface area is 213 Å². The summed E-state index contributed by atoms with van der Waals surface area (Å²) in [4.78, 5) is 12.0. The van der Waals surface area contributed by atoms with Gasteiger partial charge in [-0.1, -0.05) is 54.6 Å². The van der Waals surface area contributed by atoms with Crippen LogP contribution < -0.4 is 9.46 Å². The van der Waals surface area contributed by atoms with Gasteiger partial charge >= 0.3 is 5.97 Å². The molecule has 192 valence electrons. The Balaban J connectivity index is 1.46. The molecule has 0 fully saturated rings. The van der Waals surface area contributed by atoms with Crippen LogP contribution in [0.5, 0.6) is 5.75 Å². The highest BCUT2D eigenvalue weighted by molar-refractivity contribution is 7.91. The van der Waals surface area contributed by atoms with E-state index in [0.717, 1.165) is 22.4 Å². The summed E-state index contributed by atoms with van der Waals surface area (Å²) in [6, 6.07) is 23.9. The standard InChI is InChI=1S/C28H33NO6S/c1-3-33-27(28(30)34-4-2)20-23-12-16-26(17-13-23)35-19-18-22-10-14-25(15-11-22)29-36(31,32)21-24-8-6-5-7-9-24/h5-17,27,29H,3-4,18-21H2,1-2H3/t27-/m0/s1. The van der Waals surface area contributed by atoms with Crippen LogP contribution in [-0.2, 0) is 42.9 Å². The molecule has 0 saturated carbocycles. The second-order valence-electron chi connectivity index (χ2n) is 8.19. The number of anilines is 1. The molecule has 36 heavy (non-hydrogen) atoms. The summed E-state index contributed by atoms with van der Waals surface area (Å²) in [6.07, 6.45) is 0.496. The second-order valence-corrected chi connectivity index (χ2v) is 9.91. The van der Waals surface area contributed by atoms with E-state index in [4.69, 9.17) is 14.2 Å². The Hall–Kier alpha value is -3.36. The highest BCUT2D eigenvalue weighted by Crippen LogP contribution is 2.17. The van der Waals surface area contributed by atoms with Gasteiger partial charge < -0.3 is 14.2 Å². The number of sulfonamides is 1. The van der Waals surface area contributed by atoms with E-state index in [1.807, 2.05) is 61.5 Å². The summed E-state index contributed by atoms with van der Waals surface area (Å²) in [5, 5.41) is 0. The zero-order chi connectivity index (χ0) is 25.8. The largest absolute Gasteiger partial charge is 0.493 e. The predicted molar refractivity (Wildman–Crippen MR) is 141 cm³/mol. The van der Waals surface area contributed by atoms with Gasteiger partial charge in [0.15, 0.2) is 6.10 Å². The number of benzene rings is 3. The average molecular weight is 512 g/mol. The summed E-state index contributed by atoms with van der Waals surface area (Å²) in [5.74, 6) is 0.306. The molecule has 0 spiro atoms. The van der Waals surface area contributed by atoms with Crippen molar-refractivity contribution >= 4 is 21.7 Å². The Morgan fingerprint density at radius 1 is 0.833 bits per heavy atom. The lowest BCUT2D eigenvalue weighted by molar-refractivity contribution is -0.156. The predicted octanol–water partition coefficient (Wildman–Crippen LogP) is 4.76. The number of ether oxygens (including phenoxy) is 3. The number of nitrogens with one attached hydrogen (secondary N) is 1. The van der Waals surface area contributed by atoms with Gasteiger partial charge in [-0.15, -0.1) is 0 Å². The molecule has 0 aliphatic rings. The summed E-state index contributed by atoms with van der Waals surface area (Å²) in [7, 11) is -3.48. The van der Waals surface area contributed by atoms with Crippen molar-refractivity contribution in [1.82, 2.24) is 0 Å². The molecule has 3 aromatic rings. The minimum atomic E-state index is -3.48. The molecule has 3 aromatic carbocycles. The number of carbonyl (C=O) groups excluding carboxylic acids is 1. The first-order valence-corrected chi connectivity index (χ1v) is 13.7. The molecule has 0 unspecified atom stereocenters. The summed E-state index contributed by atoms with van der Waals surface area (Å²) in [6.45, 7) is 4.85. The molecule has 8 heteroatoms. The molecule has 0 amide bonds. The van der Waals surface area contributed by atoms with Crippen LogP contribution in [0.15, 0.2) is 78.9 Å². The maximum atomic E-state index is 12.4. The first kappa shape index (κ1) is 27.2. The van der Waals surface area contributed by atoms with Crippen molar-refractivity contribution in [3.05, 3.63) is 95.6 Å². The van der Waals surface area contributed by atoms with Gasteiger partial charge in [0.25, 0.3) is 0 Å². The minimum absolute atomic E-state index is 0.0721.